The van der Waals surface area contributed by atoms with Crippen molar-refractivity contribution in [3.05, 3.63) is 192 Å². The van der Waals surface area contributed by atoms with Crippen LogP contribution in [-0.4, -0.2) is 61.8 Å². The Kier molecular flexibility index (Phi) is 17.6. The fraction of sp³-hybridized carbons (Fsp3) is 0.333. The Morgan fingerprint density at radius 3 is 1.71 bits per heavy atom. The summed E-state index contributed by atoms with van der Waals surface area (Å²) in [6.07, 6.45) is -1.71. The monoisotopic (exact) mass is 850 g/mol. The molecule has 6 atom stereocenters. The molecule has 0 aromatic heterocycles. The number of aryl methyl sites for hydroxylation is 1. The van der Waals surface area contributed by atoms with Crippen LogP contribution in [0.4, 0.5) is 0 Å². The number of fused-ring (bicyclic) bond motifs is 1. The first-order valence-electron chi connectivity index (χ1n) is 22.0. The van der Waals surface area contributed by atoms with Crippen LogP contribution in [0.25, 0.3) is 10.8 Å². The minimum Gasteiger partial charge on any atom is -0.459 e. The number of hydrogen-bond acceptors (Lipinski definition) is 9. The molecule has 9 nitrogen and oxygen atoms in total. The van der Waals surface area contributed by atoms with Gasteiger partial charge in [-0.25, -0.2) is 0 Å². The molecule has 0 N–H and O–H groups in total. The summed E-state index contributed by atoms with van der Waals surface area (Å²) in [6.45, 7) is 3.07. The molecule has 0 amide bonds. The van der Waals surface area contributed by atoms with E-state index in [0.29, 0.717) is 39.3 Å². The molecule has 1 aliphatic rings. The molecule has 6 aromatic rings. The summed E-state index contributed by atoms with van der Waals surface area (Å²) in [4.78, 5) is 24.6. The van der Waals surface area contributed by atoms with Crippen LogP contribution in [-0.2, 0) is 75.6 Å². The van der Waals surface area contributed by atoms with E-state index in [4.69, 9.17) is 33.2 Å². The van der Waals surface area contributed by atoms with Crippen molar-refractivity contribution in [3.63, 3.8) is 0 Å². The van der Waals surface area contributed by atoms with E-state index >= 15 is 0 Å². The predicted molar refractivity (Wildman–Crippen MR) is 242 cm³/mol. The van der Waals surface area contributed by atoms with Gasteiger partial charge in [-0.1, -0.05) is 158 Å². The zero-order valence-corrected chi connectivity index (χ0v) is 36.0. The van der Waals surface area contributed by atoms with Gasteiger partial charge >= 0.3 is 5.97 Å². The second kappa shape index (κ2) is 24.4. The fourth-order valence-electron chi connectivity index (χ4n) is 7.70. The van der Waals surface area contributed by atoms with Crippen LogP contribution in [0.5, 0.6) is 0 Å². The van der Waals surface area contributed by atoms with Crippen LogP contribution in [0.2, 0.25) is 0 Å². The molecule has 9 heteroatoms. The minimum atomic E-state index is -0.693. The molecule has 1 fully saturated rings. The normalized spacial score (nSPS) is 17.6. The van der Waals surface area contributed by atoms with Crippen LogP contribution in [0.1, 0.15) is 60.4 Å². The fourth-order valence-corrected chi connectivity index (χ4v) is 7.70. The maximum absolute atomic E-state index is 12.9. The Morgan fingerprint density at radius 1 is 0.571 bits per heavy atom. The molecule has 0 spiro atoms. The van der Waals surface area contributed by atoms with Gasteiger partial charge in [0.05, 0.1) is 52.2 Å². The summed E-state index contributed by atoms with van der Waals surface area (Å²) in [5, 5.41) is 2.32. The van der Waals surface area contributed by atoms with Gasteiger partial charge in [-0.3, -0.25) is 4.79 Å². The van der Waals surface area contributed by atoms with E-state index in [9.17, 15) is 9.59 Å². The van der Waals surface area contributed by atoms with Gasteiger partial charge in [0.25, 0.3) is 0 Å². The third kappa shape index (κ3) is 14.8. The van der Waals surface area contributed by atoms with E-state index in [2.05, 4.69) is 42.5 Å². The van der Waals surface area contributed by atoms with Gasteiger partial charge in [-0.05, 0) is 64.4 Å². The Balaban J connectivity index is 1.13. The SMILES string of the molecule is CC(=O)CCC(=O)O[C@@H]1C[C@H](OCC(OCc2ccccc2)C(OCc2ccccc2)C(COCc2ccc3ccccc3c2)OCc2ccccc2)OC1CCc1ccccc1. The first-order chi connectivity index (χ1) is 30.9. The van der Waals surface area contributed by atoms with Crippen LogP contribution in [0.15, 0.2) is 164 Å². The highest BCUT2D eigenvalue weighted by molar-refractivity contribution is 5.83. The Hall–Kier alpha value is -5.52. The standard InChI is InChI=1S/C54H58O9/c1-40(55)26-31-52(56)62-49-33-53(63-48(49)30-28-41-16-6-2-7-17-41)60-39-51(59-36-43-20-10-4-11-21-43)54(61-37-44-22-12-5-13-23-44)50(58-35-42-18-8-3-9-19-42)38-57-34-45-27-29-46-24-14-15-25-47(46)32-45/h2-25,27,29,32,48-51,53-54H,26,28,30-31,33-39H2,1H3/t48?,49-,50?,51?,53-,54?/m1/s1. The number of esters is 1. The predicted octanol–water partition coefficient (Wildman–Crippen LogP) is 10.2. The van der Waals surface area contributed by atoms with E-state index in [0.717, 1.165) is 39.6 Å². The minimum absolute atomic E-state index is 0.0197. The van der Waals surface area contributed by atoms with Gasteiger partial charge in [-0.15, -0.1) is 0 Å². The Morgan fingerprint density at radius 2 is 1.11 bits per heavy atom. The second-order valence-electron chi connectivity index (χ2n) is 16.1. The van der Waals surface area contributed by atoms with E-state index in [1.165, 1.54) is 12.3 Å². The summed E-state index contributed by atoms with van der Waals surface area (Å²) in [5.74, 6) is -0.489. The third-order valence-corrected chi connectivity index (χ3v) is 11.1. The van der Waals surface area contributed by atoms with E-state index in [1.54, 1.807) is 0 Å². The first kappa shape index (κ1) is 45.5. The second-order valence-corrected chi connectivity index (χ2v) is 16.1. The number of carbonyl (C=O) groups is 2. The quantitative estimate of drug-likeness (QED) is 0.0522. The van der Waals surface area contributed by atoms with Crippen LogP contribution in [0, 0.1) is 0 Å². The van der Waals surface area contributed by atoms with Crippen LogP contribution < -0.4 is 0 Å². The van der Waals surface area contributed by atoms with Gasteiger partial charge in [0.15, 0.2) is 6.29 Å². The van der Waals surface area contributed by atoms with Crippen LogP contribution >= 0.6 is 0 Å². The lowest BCUT2D eigenvalue weighted by atomic mass is 10.0. The van der Waals surface area contributed by atoms with E-state index < -0.39 is 42.8 Å². The molecule has 0 radical (unpaired) electrons. The molecule has 7 rings (SSSR count). The first-order valence-corrected chi connectivity index (χ1v) is 22.0. The summed E-state index contributed by atoms with van der Waals surface area (Å²) in [5.41, 5.74) is 5.22. The lowest BCUT2D eigenvalue weighted by Crippen LogP contribution is -2.47. The maximum atomic E-state index is 12.9. The average Bonchev–Trinajstić information content (AvgIpc) is 3.71. The number of carbonyl (C=O) groups excluding carboxylic acids is 2. The molecule has 6 aromatic carbocycles. The highest BCUT2D eigenvalue weighted by Gasteiger charge is 2.40. The van der Waals surface area contributed by atoms with Crippen molar-refractivity contribution in [1.29, 1.82) is 0 Å². The highest BCUT2D eigenvalue weighted by Crippen LogP contribution is 2.30. The number of rotatable bonds is 25. The molecule has 4 unspecified atom stereocenters. The Labute approximate surface area is 371 Å². The number of benzene rings is 6. The molecule has 1 aliphatic heterocycles. The molecule has 0 saturated carbocycles. The van der Waals surface area contributed by atoms with Crippen molar-refractivity contribution >= 4 is 22.5 Å². The zero-order valence-electron chi connectivity index (χ0n) is 36.0. The van der Waals surface area contributed by atoms with Crippen molar-refractivity contribution < 1.29 is 42.7 Å². The molecule has 0 aliphatic carbocycles. The summed E-state index contributed by atoms with van der Waals surface area (Å²) < 4.78 is 46.1. The van der Waals surface area contributed by atoms with Crippen molar-refractivity contribution in [2.45, 2.75) is 102 Å². The average molecular weight is 851 g/mol. The third-order valence-electron chi connectivity index (χ3n) is 11.1. The van der Waals surface area contributed by atoms with E-state index in [-0.39, 0.29) is 31.8 Å². The summed E-state index contributed by atoms with van der Waals surface area (Å²) >= 11 is 0. The number of ether oxygens (including phenoxy) is 7. The molecule has 63 heavy (non-hydrogen) atoms. The smallest absolute Gasteiger partial charge is 0.306 e. The van der Waals surface area contributed by atoms with Crippen molar-refractivity contribution in [3.8, 4) is 0 Å². The van der Waals surface area contributed by atoms with Crippen LogP contribution in [0.3, 0.4) is 0 Å². The Bertz CT molecular complexity index is 2250. The molecular weight excluding hydrogens is 793 g/mol. The number of ketones is 1. The van der Waals surface area contributed by atoms with E-state index in [1.807, 2.05) is 121 Å². The zero-order chi connectivity index (χ0) is 43.5. The van der Waals surface area contributed by atoms with Crippen molar-refractivity contribution in [1.82, 2.24) is 0 Å². The van der Waals surface area contributed by atoms with Gasteiger partial charge in [0, 0.05) is 12.8 Å². The van der Waals surface area contributed by atoms with Gasteiger partial charge in [0.2, 0.25) is 0 Å². The lowest BCUT2D eigenvalue weighted by Gasteiger charge is -2.34. The lowest BCUT2D eigenvalue weighted by molar-refractivity contribution is -0.205. The summed E-state index contributed by atoms with van der Waals surface area (Å²) in [6, 6.07) is 54.9. The molecule has 328 valence electrons. The van der Waals surface area contributed by atoms with Crippen molar-refractivity contribution in [2.24, 2.45) is 0 Å². The van der Waals surface area contributed by atoms with Crippen molar-refractivity contribution in [2.75, 3.05) is 13.2 Å². The maximum Gasteiger partial charge on any atom is 0.306 e. The molecule has 0 bridgehead atoms. The highest BCUT2D eigenvalue weighted by atomic mass is 16.7. The number of Topliss-reactive ketones (excluding diaryl/α,β-unsaturated/α-hetero) is 1. The topological polar surface area (TPSA) is 98.8 Å². The number of hydrogen-bond donors (Lipinski definition) is 0. The van der Waals surface area contributed by atoms with Gasteiger partial charge in [-0.2, -0.15) is 0 Å². The molecular formula is C54H58O9. The van der Waals surface area contributed by atoms with Gasteiger partial charge < -0.3 is 38.0 Å². The molecule has 1 heterocycles. The van der Waals surface area contributed by atoms with Gasteiger partial charge in [0.1, 0.15) is 30.2 Å². The summed E-state index contributed by atoms with van der Waals surface area (Å²) in [7, 11) is 0. The molecule has 1 saturated heterocycles. The largest absolute Gasteiger partial charge is 0.459 e.